The molecule has 0 spiro atoms. The Morgan fingerprint density at radius 3 is 2.41 bits per heavy atom. The van der Waals surface area contributed by atoms with Crippen LogP contribution in [0.2, 0.25) is 5.02 Å². The van der Waals surface area contributed by atoms with Crippen molar-refractivity contribution in [1.29, 1.82) is 0 Å². The summed E-state index contributed by atoms with van der Waals surface area (Å²) in [5, 5.41) is 4.27. The van der Waals surface area contributed by atoms with E-state index >= 15 is 0 Å². The Kier molecular flexibility index (Phi) is 5.56. The predicted molar refractivity (Wildman–Crippen MR) is 107 cm³/mol. The third kappa shape index (κ3) is 3.75. The number of aromatic nitrogens is 3. The van der Waals surface area contributed by atoms with Gasteiger partial charge in [-0.05, 0) is 43.9 Å². The van der Waals surface area contributed by atoms with E-state index in [0.29, 0.717) is 25.9 Å². The number of hydrogen-bond donors (Lipinski definition) is 0. The maximum absolute atomic E-state index is 13.4. The molecule has 0 N–H and O–H groups in total. The van der Waals surface area contributed by atoms with Crippen LogP contribution in [0.15, 0.2) is 27.9 Å². The summed E-state index contributed by atoms with van der Waals surface area (Å²) in [6.07, 6.45) is 5.35. The van der Waals surface area contributed by atoms with Crippen LogP contribution in [0.1, 0.15) is 56.3 Å². The van der Waals surface area contributed by atoms with Gasteiger partial charge in [-0.2, -0.15) is 9.40 Å². The minimum Gasteiger partial charge on any atom is -0.276 e. The van der Waals surface area contributed by atoms with Gasteiger partial charge in [0.25, 0.3) is 0 Å². The van der Waals surface area contributed by atoms with E-state index in [1.54, 1.807) is 7.05 Å². The molecule has 0 unspecified atom stereocenters. The van der Waals surface area contributed by atoms with E-state index in [1.165, 1.54) is 15.1 Å². The maximum atomic E-state index is 13.4. The van der Waals surface area contributed by atoms with Crippen molar-refractivity contribution >= 4 is 21.6 Å². The van der Waals surface area contributed by atoms with Crippen molar-refractivity contribution in [2.24, 2.45) is 7.05 Å². The summed E-state index contributed by atoms with van der Waals surface area (Å²) >= 11 is 5.76. The summed E-state index contributed by atoms with van der Waals surface area (Å²) in [5.41, 5.74) is -0.0945. The van der Waals surface area contributed by atoms with Gasteiger partial charge in [0.05, 0.1) is 9.92 Å². The highest BCUT2D eigenvalue weighted by Crippen LogP contribution is 2.34. The summed E-state index contributed by atoms with van der Waals surface area (Å²) in [6, 6.07) is 3.64. The molecule has 1 aromatic carbocycles. The quantitative estimate of drug-likeness (QED) is 0.729. The van der Waals surface area contributed by atoms with Gasteiger partial charge in [-0.25, -0.2) is 22.3 Å². The second-order valence-corrected chi connectivity index (χ2v) is 10.2. The fraction of sp³-hybridized carbons (Fsp3) is 0.579. The largest absolute Gasteiger partial charge is 0.345 e. The van der Waals surface area contributed by atoms with E-state index in [9.17, 15) is 17.6 Å². The molecule has 1 aliphatic carbocycles. The van der Waals surface area contributed by atoms with Gasteiger partial charge in [-0.1, -0.05) is 24.4 Å². The van der Waals surface area contributed by atoms with Crippen molar-refractivity contribution in [2.75, 3.05) is 13.1 Å². The van der Waals surface area contributed by atoms with Crippen LogP contribution in [-0.2, 0) is 17.1 Å². The van der Waals surface area contributed by atoms with Crippen LogP contribution in [-0.4, -0.2) is 40.2 Å². The Morgan fingerprint density at radius 2 is 1.79 bits per heavy atom. The van der Waals surface area contributed by atoms with Gasteiger partial charge >= 0.3 is 5.69 Å². The average molecular weight is 443 g/mol. The smallest absolute Gasteiger partial charge is 0.276 e. The Balaban J connectivity index is 1.53. The molecular formula is C19H24ClFN4O3S. The molecule has 7 nitrogen and oxygen atoms in total. The van der Waals surface area contributed by atoms with Gasteiger partial charge in [0.2, 0.25) is 10.0 Å². The molecule has 0 bridgehead atoms. The van der Waals surface area contributed by atoms with Crippen molar-refractivity contribution < 1.29 is 12.8 Å². The van der Waals surface area contributed by atoms with Crippen molar-refractivity contribution in [1.82, 2.24) is 18.7 Å². The van der Waals surface area contributed by atoms with E-state index in [1.807, 2.05) is 4.57 Å². The predicted octanol–water partition coefficient (Wildman–Crippen LogP) is 3.06. The summed E-state index contributed by atoms with van der Waals surface area (Å²) in [6.45, 7) is 0.634. The summed E-state index contributed by atoms with van der Waals surface area (Å²) in [4.78, 5) is 12.6. The Morgan fingerprint density at radius 1 is 1.14 bits per heavy atom. The second-order valence-electron chi connectivity index (χ2n) is 7.83. The number of rotatable bonds is 4. The highest BCUT2D eigenvalue weighted by Gasteiger charge is 2.34. The second kappa shape index (κ2) is 7.85. The molecule has 1 saturated heterocycles. The fourth-order valence-electron chi connectivity index (χ4n) is 4.42. The van der Waals surface area contributed by atoms with E-state index in [4.69, 9.17) is 11.6 Å². The van der Waals surface area contributed by atoms with Gasteiger partial charge < -0.3 is 0 Å². The number of aryl methyl sites for hydroxylation is 1. The lowest BCUT2D eigenvalue weighted by molar-refractivity contribution is 0.304. The zero-order valence-electron chi connectivity index (χ0n) is 16.2. The number of sulfonamides is 1. The molecule has 1 aliphatic heterocycles. The van der Waals surface area contributed by atoms with Crippen molar-refractivity contribution in [2.45, 2.75) is 55.4 Å². The Hall–Kier alpha value is -1.71. The minimum absolute atomic E-state index is 0.0111. The molecule has 29 heavy (non-hydrogen) atoms. The minimum atomic E-state index is -3.75. The van der Waals surface area contributed by atoms with Crippen molar-refractivity contribution in [3.8, 4) is 0 Å². The molecule has 4 rings (SSSR count). The van der Waals surface area contributed by atoms with E-state index in [-0.39, 0.29) is 27.6 Å². The van der Waals surface area contributed by atoms with Crippen LogP contribution in [0, 0.1) is 5.82 Å². The highest BCUT2D eigenvalue weighted by atomic mass is 35.5. The average Bonchev–Trinajstić information content (AvgIpc) is 3.32. The zero-order valence-corrected chi connectivity index (χ0v) is 17.8. The molecule has 10 heteroatoms. The number of piperidine rings is 1. The SMILES string of the molecule is Cn1nc(C2CCN(S(=O)(=O)c3ccc(F)c(Cl)c3)CC2)n(C2CCCC2)c1=O. The number of hydrogen-bond acceptors (Lipinski definition) is 4. The van der Waals surface area contributed by atoms with Gasteiger partial charge in [0.1, 0.15) is 11.6 Å². The lowest BCUT2D eigenvalue weighted by Crippen LogP contribution is -2.38. The summed E-state index contributed by atoms with van der Waals surface area (Å²) in [7, 11) is -2.09. The van der Waals surface area contributed by atoms with Crippen molar-refractivity contribution in [3.05, 3.63) is 45.3 Å². The Bertz CT molecular complexity index is 1070. The molecule has 1 aromatic heterocycles. The highest BCUT2D eigenvalue weighted by molar-refractivity contribution is 7.89. The third-order valence-corrected chi connectivity index (χ3v) is 8.20. The van der Waals surface area contributed by atoms with Gasteiger partial charge in [-0.3, -0.25) is 4.57 Å². The summed E-state index contributed by atoms with van der Waals surface area (Å²) in [5.74, 6) is 0.156. The van der Waals surface area contributed by atoms with Gasteiger partial charge in [0.15, 0.2) is 0 Å². The molecule has 2 fully saturated rings. The number of benzene rings is 1. The van der Waals surface area contributed by atoms with Crippen LogP contribution in [0.4, 0.5) is 4.39 Å². The van der Waals surface area contributed by atoms with Gasteiger partial charge in [-0.15, -0.1) is 0 Å². The van der Waals surface area contributed by atoms with E-state index < -0.39 is 15.8 Å². The van der Waals surface area contributed by atoms with Crippen molar-refractivity contribution in [3.63, 3.8) is 0 Å². The first-order valence-electron chi connectivity index (χ1n) is 9.89. The first-order valence-corrected chi connectivity index (χ1v) is 11.7. The van der Waals surface area contributed by atoms with E-state index in [2.05, 4.69) is 5.10 Å². The topological polar surface area (TPSA) is 77.2 Å². The molecule has 158 valence electrons. The lowest BCUT2D eigenvalue weighted by atomic mass is 9.97. The maximum Gasteiger partial charge on any atom is 0.345 e. The summed E-state index contributed by atoms with van der Waals surface area (Å²) < 4.78 is 43.8. The van der Waals surface area contributed by atoms with E-state index in [0.717, 1.165) is 43.6 Å². The Labute approximate surface area is 174 Å². The molecule has 2 heterocycles. The molecule has 0 atom stereocenters. The monoisotopic (exact) mass is 442 g/mol. The fourth-order valence-corrected chi connectivity index (χ4v) is 6.17. The normalized spacial score (nSPS) is 19.8. The molecule has 1 saturated carbocycles. The number of halogens is 2. The van der Waals surface area contributed by atoms with Crippen LogP contribution >= 0.6 is 11.6 Å². The molecular weight excluding hydrogens is 419 g/mol. The first-order chi connectivity index (χ1) is 13.8. The molecule has 0 amide bonds. The van der Waals surface area contributed by atoms with Crippen LogP contribution in [0.5, 0.6) is 0 Å². The van der Waals surface area contributed by atoms with Gasteiger partial charge in [0, 0.05) is 32.1 Å². The number of nitrogens with zero attached hydrogens (tertiary/aromatic N) is 4. The zero-order chi connectivity index (χ0) is 20.8. The third-order valence-electron chi connectivity index (χ3n) is 6.02. The molecule has 0 radical (unpaired) electrons. The standard InChI is InChI=1S/C19H24ClFN4O3S/c1-23-19(26)25(14-4-2-3-5-14)18(22-23)13-8-10-24(11-9-13)29(27,28)15-6-7-17(21)16(20)12-15/h6-7,12-14H,2-5,8-11H2,1H3. The molecule has 2 aromatic rings. The van der Waals surface area contributed by atoms with Crippen LogP contribution in [0.3, 0.4) is 0 Å². The lowest BCUT2D eigenvalue weighted by Gasteiger charge is -2.31. The molecule has 2 aliphatic rings. The van der Waals surface area contributed by atoms with Crippen LogP contribution in [0.25, 0.3) is 0 Å². The van der Waals surface area contributed by atoms with Crippen LogP contribution < -0.4 is 5.69 Å². The first kappa shape index (κ1) is 20.6.